The number of hydrogen-bond donors (Lipinski definition) is 0. The number of Topliss-reactive ketones (excluding diaryl/α,β-unsaturated/α-hetero) is 1. The maximum atomic E-state index is 11.9. The number of tetrazole rings is 1. The highest BCUT2D eigenvalue weighted by molar-refractivity contribution is 7.85. The van der Waals surface area contributed by atoms with Crippen molar-refractivity contribution in [1.82, 2.24) is 20.2 Å². The quantitative estimate of drug-likeness (QED) is 0.436. The summed E-state index contributed by atoms with van der Waals surface area (Å²) in [7, 11) is -0.148. The van der Waals surface area contributed by atoms with Crippen LogP contribution in [0, 0.1) is 10.1 Å². The Balaban J connectivity index is 2.10. The van der Waals surface area contributed by atoms with Crippen LogP contribution >= 0.6 is 0 Å². The number of hydrogen-bond acceptors (Lipinski definition) is 7. The van der Waals surface area contributed by atoms with Crippen LogP contribution in [0.25, 0.3) is 0 Å². The molecule has 20 heavy (non-hydrogen) atoms. The van der Waals surface area contributed by atoms with E-state index in [0.717, 1.165) is 0 Å². The molecular weight excluding hydrogens is 286 g/mol. The van der Waals surface area contributed by atoms with Crippen LogP contribution in [0.4, 0.5) is 5.69 Å². The predicted octanol–water partition coefficient (Wildman–Crippen LogP) is 0.109. The van der Waals surface area contributed by atoms with Crippen LogP contribution in [0.1, 0.15) is 10.4 Å². The average molecular weight is 295 g/mol. The second-order valence-corrected chi connectivity index (χ2v) is 5.15. The Morgan fingerprint density at radius 2 is 2.05 bits per heavy atom. The van der Waals surface area contributed by atoms with E-state index in [0.29, 0.717) is 0 Å². The first-order valence-corrected chi connectivity index (χ1v) is 6.69. The first-order valence-electron chi connectivity index (χ1n) is 5.37. The molecule has 9 nitrogen and oxygen atoms in total. The lowest BCUT2D eigenvalue weighted by Gasteiger charge is -2.00. The molecule has 0 aliphatic carbocycles. The summed E-state index contributed by atoms with van der Waals surface area (Å²) in [6.07, 6.45) is 0. The van der Waals surface area contributed by atoms with Crippen molar-refractivity contribution in [3.63, 3.8) is 0 Å². The number of ketones is 1. The maximum absolute atomic E-state index is 11.9. The minimum Gasteiger partial charge on any atom is -0.293 e. The highest BCUT2D eigenvalue weighted by Gasteiger charge is 2.17. The molecule has 2 aromatic rings. The van der Waals surface area contributed by atoms with Gasteiger partial charge in [0.15, 0.2) is 5.78 Å². The molecule has 0 aliphatic rings. The van der Waals surface area contributed by atoms with Crippen LogP contribution < -0.4 is 0 Å². The lowest BCUT2D eigenvalue weighted by molar-refractivity contribution is -0.384. The molecule has 0 bridgehead atoms. The van der Waals surface area contributed by atoms with Gasteiger partial charge in [0.25, 0.3) is 5.69 Å². The molecule has 0 saturated heterocycles. The van der Waals surface area contributed by atoms with Gasteiger partial charge in [-0.05, 0) is 22.6 Å². The summed E-state index contributed by atoms with van der Waals surface area (Å²) in [5.41, 5.74) is 0.138. The zero-order valence-electron chi connectivity index (χ0n) is 10.3. The van der Waals surface area contributed by atoms with Gasteiger partial charge >= 0.3 is 0 Å². The van der Waals surface area contributed by atoms with Gasteiger partial charge in [-0.15, -0.1) is 0 Å². The minimum absolute atomic E-state index is 0.0975. The minimum atomic E-state index is -1.67. The second kappa shape index (κ2) is 5.65. The summed E-state index contributed by atoms with van der Waals surface area (Å²) < 4.78 is 13.1. The number of carbonyl (C=O) groups excluding carboxylic acids is 1. The second-order valence-electron chi connectivity index (χ2n) is 3.80. The van der Waals surface area contributed by atoms with E-state index >= 15 is 0 Å². The Hall–Kier alpha value is -2.49. The van der Waals surface area contributed by atoms with Crippen LogP contribution in [0.2, 0.25) is 0 Å². The average Bonchev–Trinajstić information content (AvgIpc) is 2.85. The van der Waals surface area contributed by atoms with Gasteiger partial charge in [0, 0.05) is 24.7 Å². The Morgan fingerprint density at radius 3 is 2.55 bits per heavy atom. The molecule has 0 fully saturated rings. The number of carbonyl (C=O) groups is 1. The zero-order valence-corrected chi connectivity index (χ0v) is 11.1. The van der Waals surface area contributed by atoms with E-state index < -0.39 is 21.5 Å². The summed E-state index contributed by atoms with van der Waals surface area (Å²) in [6, 6.07) is 5.10. The fraction of sp³-hybridized carbons (Fsp3) is 0.200. The summed E-state index contributed by atoms with van der Waals surface area (Å²) in [4.78, 5) is 21.8. The molecule has 0 N–H and O–H groups in total. The van der Waals surface area contributed by atoms with E-state index in [1.165, 1.54) is 36.0 Å². The molecule has 10 heteroatoms. The first kappa shape index (κ1) is 13.9. The van der Waals surface area contributed by atoms with E-state index in [-0.39, 0.29) is 22.2 Å². The Bertz CT molecular complexity index is 681. The Kier molecular flexibility index (Phi) is 3.94. The third kappa shape index (κ3) is 2.91. The molecule has 1 atom stereocenters. The zero-order chi connectivity index (χ0) is 14.7. The van der Waals surface area contributed by atoms with E-state index in [1.807, 2.05) is 0 Å². The standard InChI is InChI=1S/C10H9N5O4S/c1-14-10(11-12-13-14)20(19)6-9(16)7-2-4-8(5-3-7)15(17)18/h2-5H,6H2,1H3. The Morgan fingerprint density at radius 1 is 1.40 bits per heavy atom. The van der Waals surface area contributed by atoms with Gasteiger partial charge in [-0.2, -0.15) is 0 Å². The molecule has 104 valence electrons. The summed E-state index contributed by atoms with van der Waals surface area (Å²) in [5.74, 6) is -0.687. The predicted molar refractivity (Wildman–Crippen MR) is 67.5 cm³/mol. The van der Waals surface area contributed by atoms with Crippen molar-refractivity contribution in [3.05, 3.63) is 39.9 Å². The summed E-state index contributed by atoms with van der Waals surface area (Å²) in [5, 5.41) is 21.0. The van der Waals surface area contributed by atoms with Crippen molar-refractivity contribution in [2.75, 3.05) is 5.75 Å². The molecule has 2 rings (SSSR count). The summed E-state index contributed by atoms with van der Waals surface area (Å²) >= 11 is 0. The topological polar surface area (TPSA) is 121 Å². The van der Waals surface area contributed by atoms with Crippen molar-refractivity contribution in [2.45, 2.75) is 5.16 Å². The van der Waals surface area contributed by atoms with Gasteiger partial charge in [-0.1, -0.05) is 5.10 Å². The van der Waals surface area contributed by atoms with Crippen molar-refractivity contribution >= 4 is 22.3 Å². The monoisotopic (exact) mass is 295 g/mol. The van der Waals surface area contributed by atoms with Gasteiger partial charge in [0.1, 0.15) is 10.8 Å². The van der Waals surface area contributed by atoms with Gasteiger partial charge in [0.2, 0.25) is 5.16 Å². The fourth-order valence-electron chi connectivity index (χ4n) is 1.45. The number of aromatic nitrogens is 4. The van der Waals surface area contributed by atoms with Crippen LogP contribution in [0.5, 0.6) is 0 Å². The van der Waals surface area contributed by atoms with Gasteiger partial charge < -0.3 is 0 Å². The van der Waals surface area contributed by atoms with Crippen molar-refractivity contribution in [2.24, 2.45) is 7.05 Å². The van der Waals surface area contributed by atoms with Crippen LogP contribution in [0.3, 0.4) is 0 Å². The van der Waals surface area contributed by atoms with Gasteiger partial charge in [0.05, 0.1) is 10.7 Å². The van der Waals surface area contributed by atoms with Crippen molar-refractivity contribution < 1.29 is 13.9 Å². The van der Waals surface area contributed by atoms with Crippen LogP contribution in [-0.4, -0.2) is 40.9 Å². The van der Waals surface area contributed by atoms with Gasteiger partial charge in [-0.25, -0.2) is 4.68 Å². The highest BCUT2D eigenvalue weighted by Crippen LogP contribution is 2.13. The molecule has 0 radical (unpaired) electrons. The van der Waals surface area contributed by atoms with Crippen molar-refractivity contribution in [3.8, 4) is 0 Å². The van der Waals surface area contributed by atoms with Gasteiger partial charge in [-0.3, -0.25) is 19.1 Å². The molecular formula is C10H9N5O4S. The fourth-order valence-corrected chi connectivity index (χ4v) is 2.44. The number of nitro groups is 1. The molecule has 0 saturated carbocycles. The molecule has 0 amide bonds. The third-order valence-electron chi connectivity index (χ3n) is 2.45. The molecule has 1 aromatic heterocycles. The third-order valence-corrected chi connectivity index (χ3v) is 3.72. The smallest absolute Gasteiger partial charge is 0.269 e. The lowest BCUT2D eigenvalue weighted by Crippen LogP contribution is -2.14. The largest absolute Gasteiger partial charge is 0.293 e. The van der Waals surface area contributed by atoms with Crippen LogP contribution in [0.15, 0.2) is 29.4 Å². The van der Waals surface area contributed by atoms with Crippen LogP contribution in [-0.2, 0) is 17.8 Å². The maximum Gasteiger partial charge on any atom is 0.269 e. The normalized spacial score (nSPS) is 12.1. The molecule has 1 aromatic carbocycles. The Labute approximate surface area is 115 Å². The van der Waals surface area contributed by atoms with E-state index in [4.69, 9.17) is 0 Å². The number of nitrogens with zero attached hydrogens (tertiary/aromatic N) is 5. The highest BCUT2D eigenvalue weighted by atomic mass is 32.2. The van der Waals surface area contributed by atoms with E-state index in [9.17, 15) is 19.1 Å². The van der Waals surface area contributed by atoms with Crippen molar-refractivity contribution in [1.29, 1.82) is 0 Å². The van der Waals surface area contributed by atoms with E-state index in [1.54, 1.807) is 0 Å². The van der Waals surface area contributed by atoms with E-state index in [2.05, 4.69) is 15.5 Å². The molecule has 0 aliphatic heterocycles. The molecule has 0 spiro atoms. The lowest BCUT2D eigenvalue weighted by atomic mass is 10.1. The number of non-ortho nitro benzene ring substituents is 1. The number of benzene rings is 1. The number of nitro benzene ring substituents is 1. The SMILES string of the molecule is Cn1nnnc1S(=O)CC(=O)c1ccc([N+](=O)[O-])cc1. The number of rotatable bonds is 5. The summed E-state index contributed by atoms with van der Waals surface area (Å²) in [6.45, 7) is 0. The molecule has 1 unspecified atom stereocenters. The molecule has 1 heterocycles. The first-order chi connectivity index (χ1) is 9.49. The number of aryl methyl sites for hydroxylation is 1.